The van der Waals surface area contributed by atoms with E-state index in [4.69, 9.17) is 0 Å². The van der Waals surface area contributed by atoms with Crippen LogP contribution in [0.4, 0.5) is 4.79 Å². The van der Waals surface area contributed by atoms with Crippen molar-refractivity contribution < 1.29 is 4.79 Å². The van der Waals surface area contributed by atoms with Crippen molar-refractivity contribution in [2.45, 2.75) is 19.9 Å². The number of nitrogens with zero attached hydrogens (tertiary/aromatic N) is 1. The normalized spacial score (nSPS) is 14.2. The van der Waals surface area contributed by atoms with E-state index in [2.05, 4.69) is 24.0 Å². The van der Waals surface area contributed by atoms with Crippen molar-refractivity contribution in [2.75, 3.05) is 6.54 Å². The quantitative estimate of drug-likeness (QED) is 0.767. The Morgan fingerprint density at radius 2 is 2.06 bits per heavy atom. The number of amides is 2. The molecule has 2 rings (SSSR count). The molecule has 1 aliphatic heterocycles. The highest BCUT2D eigenvalue weighted by atomic mass is 16.2. The average Bonchev–Trinajstić information content (AvgIpc) is 2.27. The van der Waals surface area contributed by atoms with Gasteiger partial charge in [0.2, 0.25) is 0 Å². The maximum absolute atomic E-state index is 11.8. The molecule has 1 N–H and O–H groups in total. The van der Waals surface area contributed by atoms with E-state index in [1.807, 2.05) is 17.0 Å². The van der Waals surface area contributed by atoms with Gasteiger partial charge in [0.25, 0.3) is 0 Å². The molecule has 0 unspecified atom stereocenters. The van der Waals surface area contributed by atoms with Crippen molar-refractivity contribution in [1.82, 2.24) is 10.2 Å². The summed E-state index contributed by atoms with van der Waals surface area (Å²) in [6, 6.07) is 8.21. The molecule has 0 saturated carbocycles. The first kappa shape index (κ1) is 10.7. The van der Waals surface area contributed by atoms with Crippen LogP contribution in [0, 0.1) is 0 Å². The van der Waals surface area contributed by atoms with E-state index in [1.54, 1.807) is 6.92 Å². The number of rotatable bonds is 1. The maximum atomic E-state index is 11.8. The highest BCUT2D eigenvalue weighted by Gasteiger charge is 2.19. The summed E-state index contributed by atoms with van der Waals surface area (Å²) in [4.78, 5) is 13.6. The zero-order chi connectivity index (χ0) is 11.5. The van der Waals surface area contributed by atoms with Crippen LogP contribution in [0.25, 0.3) is 0 Å². The second-order valence-corrected chi connectivity index (χ2v) is 4.15. The highest BCUT2D eigenvalue weighted by molar-refractivity contribution is 5.76. The van der Waals surface area contributed by atoms with Crippen LogP contribution in [0.15, 0.2) is 36.5 Å². The summed E-state index contributed by atoms with van der Waals surface area (Å²) in [5, 5.41) is 2.74. The van der Waals surface area contributed by atoms with E-state index in [9.17, 15) is 4.79 Å². The van der Waals surface area contributed by atoms with E-state index in [0.29, 0.717) is 12.2 Å². The van der Waals surface area contributed by atoms with Gasteiger partial charge in [0.15, 0.2) is 0 Å². The second kappa shape index (κ2) is 4.39. The maximum Gasteiger partial charge on any atom is 0.321 e. The third-order valence-electron chi connectivity index (χ3n) is 2.74. The van der Waals surface area contributed by atoms with Crippen molar-refractivity contribution >= 4 is 6.03 Å². The first-order valence-corrected chi connectivity index (χ1v) is 5.45. The molecular weight excluding hydrogens is 200 g/mol. The molecule has 0 radical (unpaired) electrons. The molecule has 1 aromatic rings. The molecule has 0 aromatic heterocycles. The smallest absolute Gasteiger partial charge is 0.320 e. The van der Waals surface area contributed by atoms with Gasteiger partial charge in [-0.05, 0) is 24.5 Å². The summed E-state index contributed by atoms with van der Waals surface area (Å²) in [6.07, 6.45) is 0.930. The fraction of sp³-hybridized carbons (Fsp3) is 0.308. The first-order chi connectivity index (χ1) is 7.66. The summed E-state index contributed by atoms with van der Waals surface area (Å²) >= 11 is 0. The number of carbonyl (C=O) groups excluding carboxylic acids is 1. The van der Waals surface area contributed by atoms with E-state index in [0.717, 1.165) is 13.0 Å². The van der Waals surface area contributed by atoms with Crippen LogP contribution in [0.1, 0.15) is 18.1 Å². The minimum Gasteiger partial charge on any atom is -0.320 e. The van der Waals surface area contributed by atoms with Crippen LogP contribution in [0.3, 0.4) is 0 Å². The van der Waals surface area contributed by atoms with E-state index >= 15 is 0 Å². The number of fused-ring (bicyclic) bond motifs is 1. The Kier molecular flexibility index (Phi) is 2.95. The molecule has 0 atom stereocenters. The van der Waals surface area contributed by atoms with E-state index in [-0.39, 0.29) is 6.03 Å². The third kappa shape index (κ3) is 2.24. The lowest BCUT2D eigenvalue weighted by molar-refractivity contribution is 0.195. The van der Waals surface area contributed by atoms with Crippen LogP contribution >= 0.6 is 0 Å². The standard InChI is InChI=1S/C13H16N2O/c1-10(2)14-13(16)15-8-7-11-5-3-4-6-12(11)9-15/h3-6H,1,7-9H2,2H3,(H,14,16). The molecule has 0 aliphatic carbocycles. The Balaban J connectivity index is 2.08. The summed E-state index contributed by atoms with van der Waals surface area (Å²) in [5.74, 6) is 0. The number of urea groups is 1. The van der Waals surface area contributed by atoms with Gasteiger partial charge >= 0.3 is 6.03 Å². The Morgan fingerprint density at radius 1 is 1.38 bits per heavy atom. The van der Waals surface area contributed by atoms with Gasteiger partial charge in [0, 0.05) is 18.8 Å². The molecular formula is C13H16N2O. The summed E-state index contributed by atoms with van der Waals surface area (Å²) in [6.45, 7) is 6.93. The van der Waals surface area contributed by atoms with Crippen LogP contribution in [0.2, 0.25) is 0 Å². The number of benzene rings is 1. The molecule has 3 nitrogen and oxygen atoms in total. The first-order valence-electron chi connectivity index (χ1n) is 5.45. The zero-order valence-corrected chi connectivity index (χ0v) is 9.49. The fourth-order valence-electron chi connectivity index (χ4n) is 1.93. The van der Waals surface area contributed by atoms with Gasteiger partial charge in [-0.1, -0.05) is 30.8 Å². The summed E-state index contributed by atoms with van der Waals surface area (Å²) in [7, 11) is 0. The molecule has 3 heteroatoms. The molecule has 0 bridgehead atoms. The van der Waals surface area contributed by atoms with Gasteiger partial charge in [-0.2, -0.15) is 0 Å². The van der Waals surface area contributed by atoms with E-state index in [1.165, 1.54) is 11.1 Å². The van der Waals surface area contributed by atoms with Gasteiger partial charge in [0.1, 0.15) is 0 Å². The van der Waals surface area contributed by atoms with Crippen LogP contribution < -0.4 is 5.32 Å². The van der Waals surface area contributed by atoms with Crippen molar-refractivity contribution in [3.63, 3.8) is 0 Å². The van der Waals surface area contributed by atoms with Gasteiger partial charge in [0.05, 0.1) is 0 Å². The van der Waals surface area contributed by atoms with Gasteiger partial charge in [-0.25, -0.2) is 4.79 Å². The fourth-order valence-corrected chi connectivity index (χ4v) is 1.93. The largest absolute Gasteiger partial charge is 0.321 e. The topological polar surface area (TPSA) is 32.3 Å². The highest BCUT2D eigenvalue weighted by Crippen LogP contribution is 2.18. The summed E-state index contributed by atoms with van der Waals surface area (Å²) < 4.78 is 0. The number of hydrogen-bond donors (Lipinski definition) is 1. The number of nitrogens with one attached hydrogen (secondary N) is 1. The third-order valence-corrected chi connectivity index (χ3v) is 2.74. The van der Waals surface area contributed by atoms with Crippen molar-refractivity contribution in [3.05, 3.63) is 47.7 Å². The monoisotopic (exact) mass is 216 g/mol. The molecule has 0 fully saturated rings. The molecule has 0 spiro atoms. The zero-order valence-electron chi connectivity index (χ0n) is 9.49. The van der Waals surface area contributed by atoms with Crippen molar-refractivity contribution in [1.29, 1.82) is 0 Å². The average molecular weight is 216 g/mol. The molecule has 2 amide bonds. The van der Waals surface area contributed by atoms with Crippen LogP contribution in [0.5, 0.6) is 0 Å². The Morgan fingerprint density at radius 3 is 2.75 bits per heavy atom. The molecule has 0 saturated heterocycles. The van der Waals surface area contributed by atoms with E-state index < -0.39 is 0 Å². The Hall–Kier alpha value is -1.77. The lowest BCUT2D eigenvalue weighted by Gasteiger charge is -2.28. The van der Waals surface area contributed by atoms with Crippen LogP contribution in [-0.2, 0) is 13.0 Å². The second-order valence-electron chi connectivity index (χ2n) is 4.15. The minimum atomic E-state index is -0.0537. The molecule has 16 heavy (non-hydrogen) atoms. The van der Waals surface area contributed by atoms with Crippen molar-refractivity contribution in [3.8, 4) is 0 Å². The molecule has 1 aromatic carbocycles. The molecule has 84 valence electrons. The lowest BCUT2D eigenvalue weighted by Crippen LogP contribution is -2.41. The van der Waals surface area contributed by atoms with Gasteiger partial charge in [-0.3, -0.25) is 0 Å². The predicted molar refractivity (Wildman–Crippen MR) is 63.9 cm³/mol. The van der Waals surface area contributed by atoms with Gasteiger partial charge in [-0.15, -0.1) is 0 Å². The molecule has 1 aliphatic rings. The molecule has 1 heterocycles. The van der Waals surface area contributed by atoms with Crippen LogP contribution in [-0.4, -0.2) is 17.5 Å². The Labute approximate surface area is 95.8 Å². The number of carbonyl (C=O) groups is 1. The summed E-state index contributed by atoms with van der Waals surface area (Å²) in [5.41, 5.74) is 3.27. The minimum absolute atomic E-state index is 0.0537. The number of hydrogen-bond acceptors (Lipinski definition) is 1. The lowest BCUT2D eigenvalue weighted by atomic mass is 10.0. The Bertz CT molecular complexity index is 426. The SMILES string of the molecule is C=C(C)NC(=O)N1CCc2ccccc2C1. The number of allylic oxidation sites excluding steroid dienone is 1. The van der Waals surface area contributed by atoms with Gasteiger partial charge < -0.3 is 10.2 Å². The predicted octanol–water partition coefficient (Wildman–Crippen LogP) is 2.29. The van der Waals surface area contributed by atoms with Crippen molar-refractivity contribution in [2.24, 2.45) is 0 Å².